The number of phenolic OH excluding ortho intramolecular Hbond substituents is 1. The maximum Gasteiger partial charge on any atom is 0.222 e. The largest absolute Gasteiger partial charge is 0.508 e. The molecule has 0 aromatic heterocycles. The maximum absolute atomic E-state index is 11.3. The number of hydrogen-bond donors (Lipinski definition) is 3. The third-order valence-electron chi connectivity index (χ3n) is 4.10. The Balaban J connectivity index is 2.17. The lowest BCUT2D eigenvalue weighted by Crippen LogP contribution is -2.41. The van der Waals surface area contributed by atoms with E-state index in [1.54, 1.807) is 6.07 Å². The van der Waals surface area contributed by atoms with Gasteiger partial charge in [0.15, 0.2) is 0 Å². The third-order valence-corrected chi connectivity index (χ3v) is 4.10. The number of piperidine rings is 1. The van der Waals surface area contributed by atoms with Gasteiger partial charge < -0.3 is 21.1 Å². The molecule has 0 spiro atoms. The smallest absolute Gasteiger partial charge is 0.222 e. The number of amides is 1. The summed E-state index contributed by atoms with van der Waals surface area (Å²) in [6, 6.07) is 5.79. The molecule has 20 heavy (non-hydrogen) atoms. The van der Waals surface area contributed by atoms with Crippen LogP contribution >= 0.6 is 0 Å². The van der Waals surface area contributed by atoms with Gasteiger partial charge in [-0.2, -0.15) is 0 Å². The van der Waals surface area contributed by atoms with Gasteiger partial charge in [-0.3, -0.25) is 4.79 Å². The molecular formula is C15H23N3O2. The van der Waals surface area contributed by atoms with Crippen molar-refractivity contribution in [3.05, 3.63) is 23.8 Å². The summed E-state index contributed by atoms with van der Waals surface area (Å²) in [7, 11) is 1.86. The predicted molar refractivity (Wildman–Crippen MR) is 79.7 cm³/mol. The Morgan fingerprint density at radius 2 is 2.30 bits per heavy atom. The molecule has 2 atom stereocenters. The molecule has 1 aliphatic heterocycles. The summed E-state index contributed by atoms with van der Waals surface area (Å²) in [5, 5.41) is 13.2. The SMILES string of the molecule is CNC(C)c1ccc(N2CCCC(C(N)=O)C2)cc1O. The van der Waals surface area contributed by atoms with Crippen LogP contribution in [-0.2, 0) is 4.79 Å². The molecule has 2 rings (SSSR count). The number of nitrogens with two attached hydrogens (primary N) is 1. The first-order chi connectivity index (χ1) is 9.52. The average Bonchev–Trinajstić information content (AvgIpc) is 2.46. The molecule has 1 amide bonds. The quantitative estimate of drug-likeness (QED) is 0.777. The van der Waals surface area contributed by atoms with Crippen molar-refractivity contribution >= 4 is 11.6 Å². The Labute approximate surface area is 119 Å². The van der Waals surface area contributed by atoms with Crippen LogP contribution in [0.1, 0.15) is 31.4 Å². The van der Waals surface area contributed by atoms with Gasteiger partial charge in [0.2, 0.25) is 5.91 Å². The lowest BCUT2D eigenvalue weighted by molar-refractivity contribution is -0.122. The average molecular weight is 277 g/mol. The van der Waals surface area contributed by atoms with Gasteiger partial charge in [-0.15, -0.1) is 0 Å². The summed E-state index contributed by atoms with van der Waals surface area (Å²) < 4.78 is 0. The molecule has 0 bridgehead atoms. The van der Waals surface area contributed by atoms with Crippen LogP contribution < -0.4 is 16.0 Å². The van der Waals surface area contributed by atoms with Gasteiger partial charge >= 0.3 is 0 Å². The number of nitrogens with one attached hydrogen (secondary N) is 1. The second-order valence-corrected chi connectivity index (χ2v) is 5.44. The Bertz CT molecular complexity index is 490. The van der Waals surface area contributed by atoms with Gasteiger partial charge in [0.25, 0.3) is 0 Å². The van der Waals surface area contributed by atoms with Crippen molar-refractivity contribution in [1.29, 1.82) is 0 Å². The van der Waals surface area contributed by atoms with E-state index in [0.29, 0.717) is 6.54 Å². The van der Waals surface area contributed by atoms with Crippen LogP contribution in [0.3, 0.4) is 0 Å². The van der Waals surface area contributed by atoms with Crippen molar-refractivity contribution < 1.29 is 9.90 Å². The molecule has 0 radical (unpaired) electrons. The first-order valence-corrected chi connectivity index (χ1v) is 7.07. The second-order valence-electron chi connectivity index (χ2n) is 5.44. The molecule has 0 saturated carbocycles. The van der Waals surface area contributed by atoms with E-state index < -0.39 is 0 Å². The molecule has 1 saturated heterocycles. The fraction of sp³-hybridized carbons (Fsp3) is 0.533. The summed E-state index contributed by atoms with van der Waals surface area (Å²) in [6.45, 7) is 3.53. The van der Waals surface area contributed by atoms with Crippen LogP contribution in [0.5, 0.6) is 5.75 Å². The molecule has 1 fully saturated rings. The number of nitrogens with zero attached hydrogens (tertiary/aromatic N) is 1. The monoisotopic (exact) mass is 277 g/mol. The summed E-state index contributed by atoms with van der Waals surface area (Å²) in [5.74, 6) is -0.0494. The molecule has 5 heteroatoms. The zero-order valence-corrected chi connectivity index (χ0v) is 12.1. The van der Waals surface area contributed by atoms with Crippen molar-refractivity contribution in [3.63, 3.8) is 0 Å². The summed E-state index contributed by atoms with van der Waals surface area (Å²) in [5.41, 5.74) is 7.22. The highest BCUT2D eigenvalue weighted by atomic mass is 16.3. The molecule has 5 nitrogen and oxygen atoms in total. The van der Waals surface area contributed by atoms with E-state index in [9.17, 15) is 9.90 Å². The van der Waals surface area contributed by atoms with Crippen molar-refractivity contribution in [1.82, 2.24) is 5.32 Å². The lowest BCUT2D eigenvalue weighted by Gasteiger charge is -2.33. The number of carbonyl (C=O) groups excluding carboxylic acids is 1. The topological polar surface area (TPSA) is 78.6 Å². The first kappa shape index (κ1) is 14.7. The standard InChI is InChI=1S/C15H23N3O2/c1-10(17-2)13-6-5-12(8-14(13)19)18-7-3-4-11(9-18)15(16)20/h5-6,8,10-11,17,19H,3-4,7,9H2,1-2H3,(H2,16,20). The van der Waals surface area contributed by atoms with E-state index in [4.69, 9.17) is 5.73 Å². The zero-order valence-electron chi connectivity index (χ0n) is 12.1. The van der Waals surface area contributed by atoms with Gasteiger partial charge in [-0.1, -0.05) is 6.07 Å². The van der Waals surface area contributed by atoms with Crippen LogP contribution in [-0.4, -0.2) is 31.2 Å². The highest BCUT2D eigenvalue weighted by Gasteiger charge is 2.24. The van der Waals surface area contributed by atoms with E-state index in [-0.39, 0.29) is 23.6 Å². The molecule has 1 aliphatic rings. The van der Waals surface area contributed by atoms with Crippen LogP contribution in [0.15, 0.2) is 18.2 Å². The Kier molecular flexibility index (Phi) is 4.49. The maximum atomic E-state index is 11.3. The van der Waals surface area contributed by atoms with E-state index in [1.165, 1.54) is 0 Å². The van der Waals surface area contributed by atoms with Gasteiger partial charge in [0.05, 0.1) is 5.92 Å². The molecule has 110 valence electrons. The highest BCUT2D eigenvalue weighted by Crippen LogP contribution is 2.31. The van der Waals surface area contributed by atoms with Crippen LogP contribution in [0.25, 0.3) is 0 Å². The number of primary amides is 1. The molecule has 1 aromatic rings. The zero-order chi connectivity index (χ0) is 14.7. The number of anilines is 1. The van der Waals surface area contributed by atoms with Gasteiger partial charge in [0, 0.05) is 36.4 Å². The second kappa shape index (κ2) is 6.13. The normalized spacial score (nSPS) is 20.7. The molecule has 0 aliphatic carbocycles. The number of rotatable bonds is 4. The van der Waals surface area contributed by atoms with Crippen LogP contribution in [0.2, 0.25) is 0 Å². The minimum absolute atomic E-state index is 0.0956. The number of aromatic hydroxyl groups is 1. The molecule has 1 heterocycles. The van der Waals surface area contributed by atoms with Crippen molar-refractivity contribution in [2.24, 2.45) is 11.7 Å². The van der Waals surface area contributed by atoms with Crippen LogP contribution in [0.4, 0.5) is 5.69 Å². The van der Waals surface area contributed by atoms with Crippen molar-refractivity contribution in [2.75, 3.05) is 25.0 Å². The number of hydrogen-bond acceptors (Lipinski definition) is 4. The van der Waals surface area contributed by atoms with Gasteiger partial charge in [0.1, 0.15) is 5.75 Å². The number of carbonyl (C=O) groups is 1. The van der Waals surface area contributed by atoms with E-state index in [2.05, 4.69) is 10.2 Å². The predicted octanol–water partition coefficient (Wildman–Crippen LogP) is 1.37. The Morgan fingerprint density at radius 1 is 1.55 bits per heavy atom. The summed E-state index contributed by atoms with van der Waals surface area (Å²) >= 11 is 0. The molecule has 4 N–H and O–H groups in total. The van der Waals surface area contributed by atoms with E-state index in [0.717, 1.165) is 30.6 Å². The summed E-state index contributed by atoms with van der Waals surface area (Å²) in [6.07, 6.45) is 1.80. The first-order valence-electron chi connectivity index (χ1n) is 7.07. The van der Waals surface area contributed by atoms with Gasteiger partial charge in [-0.05, 0) is 32.9 Å². The van der Waals surface area contributed by atoms with Gasteiger partial charge in [-0.25, -0.2) is 0 Å². The third kappa shape index (κ3) is 3.04. The summed E-state index contributed by atoms with van der Waals surface area (Å²) in [4.78, 5) is 13.4. The van der Waals surface area contributed by atoms with Crippen molar-refractivity contribution in [3.8, 4) is 5.75 Å². The molecule has 2 unspecified atom stereocenters. The van der Waals surface area contributed by atoms with E-state index in [1.807, 2.05) is 26.1 Å². The number of benzene rings is 1. The molecule has 1 aromatic carbocycles. The highest BCUT2D eigenvalue weighted by molar-refractivity contribution is 5.77. The lowest BCUT2D eigenvalue weighted by atomic mass is 9.96. The van der Waals surface area contributed by atoms with Crippen LogP contribution in [0, 0.1) is 5.92 Å². The number of phenols is 1. The Morgan fingerprint density at radius 3 is 2.90 bits per heavy atom. The minimum Gasteiger partial charge on any atom is -0.508 e. The molecular weight excluding hydrogens is 254 g/mol. The minimum atomic E-state index is -0.237. The van der Waals surface area contributed by atoms with Crippen molar-refractivity contribution in [2.45, 2.75) is 25.8 Å². The fourth-order valence-corrected chi connectivity index (χ4v) is 2.69. The fourth-order valence-electron chi connectivity index (χ4n) is 2.69. The van der Waals surface area contributed by atoms with E-state index >= 15 is 0 Å². The Hall–Kier alpha value is -1.75.